The molecule has 1 fully saturated rings. The van der Waals surface area contributed by atoms with Gasteiger partial charge in [-0.05, 0) is 43.4 Å². The zero-order chi connectivity index (χ0) is 17.6. The summed E-state index contributed by atoms with van der Waals surface area (Å²) in [4.78, 5) is 19.0. The first-order valence-corrected chi connectivity index (χ1v) is 8.81. The Bertz CT molecular complexity index is 705. The Hall–Kier alpha value is -2.40. The Kier molecular flexibility index (Phi) is 5.66. The quantitative estimate of drug-likeness (QED) is 0.900. The number of rotatable bonds is 4. The van der Waals surface area contributed by atoms with Gasteiger partial charge in [0.25, 0.3) is 0 Å². The molecular formula is C20H25N3O2. The van der Waals surface area contributed by atoms with Gasteiger partial charge in [-0.25, -0.2) is 4.79 Å². The summed E-state index contributed by atoms with van der Waals surface area (Å²) < 4.78 is 0. The van der Waals surface area contributed by atoms with Crippen LogP contribution in [0.25, 0.3) is 0 Å². The summed E-state index contributed by atoms with van der Waals surface area (Å²) in [5.41, 5.74) is 2.98. The molecule has 1 aromatic heterocycles. The van der Waals surface area contributed by atoms with Gasteiger partial charge in [-0.15, -0.1) is 0 Å². The molecule has 0 saturated carbocycles. The van der Waals surface area contributed by atoms with E-state index in [1.165, 1.54) is 0 Å². The number of benzene rings is 1. The lowest BCUT2D eigenvalue weighted by molar-refractivity contribution is 0.128. The largest absolute Gasteiger partial charge is 0.396 e. The second-order valence-corrected chi connectivity index (χ2v) is 6.69. The summed E-state index contributed by atoms with van der Waals surface area (Å²) in [6.07, 6.45) is 3.64. The highest BCUT2D eigenvalue weighted by molar-refractivity contribution is 5.75. The normalized spacial score (nSPS) is 18.6. The van der Waals surface area contributed by atoms with E-state index >= 15 is 0 Å². The minimum Gasteiger partial charge on any atom is -0.396 e. The monoisotopic (exact) mass is 339 g/mol. The topological polar surface area (TPSA) is 65.5 Å². The van der Waals surface area contributed by atoms with E-state index < -0.39 is 0 Å². The Morgan fingerprint density at radius 3 is 2.96 bits per heavy atom. The number of nitrogens with one attached hydrogen (secondary N) is 1. The molecule has 132 valence electrons. The van der Waals surface area contributed by atoms with Gasteiger partial charge in [-0.2, -0.15) is 0 Å². The van der Waals surface area contributed by atoms with Crippen molar-refractivity contribution in [2.45, 2.75) is 25.8 Å². The van der Waals surface area contributed by atoms with Crippen LogP contribution in [0.4, 0.5) is 4.79 Å². The first-order chi connectivity index (χ1) is 12.2. The molecule has 0 aliphatic carbocycles. The Labute approximate surface area is 148 Å². The van der Waals surface area contributed by atoms with Gasteiger partial charge in [0.1, 0.15) is 0 Å². The Morgan fingerprint density at radius 1 is 1.36 bits per heavy atom. The van der Waals surface area contributed by atoms with Crippen LogP contribution in [0.3, 0.4) is 0 Å². The van der Waals surface area contributed by atoms with Crippen molar-refractivity contribution in [3.05, 3.63) is 65.5 Å². The molecule has 1 aromatic carbocycles. The van der Waals surface area contributed by atoms with Gasteiger partial charge in [0, 0.05) is 25.9 Å². The number of piperidine rings is 1. The van der Waals surface area contributed by atoms with Crippen LogP contribution in [0.1, 0.15) is 35.7 Å². The molecule has 3 rings (SSSR count). The number of carbonyl (C=O) groups is 1. The molecule has 2 atom stereocenters. The summed E-state index contributed by atoms with van der Waals surface area (Å²) in [5.74, 6) is 0.173. The van der Waals surface area contributed by atoms with Crippen LogP contribution in [-0.2, 0) is 0 Å². The number of hydrogen-bond donors (Lipinski definition) is 2. The SMILES string of the molecule is Cc1cccc(C(NC(=O)N2CCCC(CO)C2)c2ccccn2)c1. The summed E-state index contributed by atoms with van der Waals surface area (Å²) in [6, 6.07) is 13.5. The molecule has 1 saturated heterocycles. The van der Waals surface area contributed by atoms with E-state index in [0.29, 0.717) is 6.54 Å². The van der Waals surface area contributed by atoms with Crippen LogP contribution in [0.5, 0.6) is 0 Å². The fourth-order valence-electron chi connectivity index (χ4n) is 3.34. The van der Waals surface area contributed by atoms with Crippen LogP contribution in [0.15, 0.2) is 48.7 Å². The molecule has 2 amide bonds. The van der Waals surface area contributed by atoms with Crippen molar-refractivity contribution in [3.63, 3.8) is 0 Å². The van der Waals surface area contributed by atoms with Crippen molar-refractivity contribution < 1.29 is 9.90 Å². The number of urea groups is 1. The molecule has 5 nitrogen and oxygen atoms in total. The predicted octanol–water partition coefficient (Wildman–Crippen LogP) is 2.89. The maximum absolute atomic E-state index is 12.8. The van der Waals surface area contributed by atoms with Crippen molar-refractivity contribution in [1.29, 1.82) is 0 Å². The van der Waals surface area contributed by atoms with Gasteiger partial charge in [-0.3, -0.25) is 4.98 Å². The van der Waals surface area contributed by atoms with E-state index in [4.69, 9.17) is 0 Å². The Morgan fingerprint density at radius 2 is 2.24 bits per heavy atom. The van der Waals surface area contributed by atoms with E-state index in [1.54, 1.807) is 11.1 Å². The molecule has 1 aliphatic heterocycles. The van der Waals surface area contributed by atoms with Gasteiger partial charge in [0.2, 0.25) is 0 Å². The van der Waals surface area contributed by atoms with Crippen LogP contribution in [-0.4, -0.2) is 40.7 Å². The second kappa shape index (κ2) is 8.12. The number of carbonyl (C=O) groups excluding carboxylic acids is 1. The van der Waals surface area contributed by atoms with Crippen molar-refractivity contribution in [2.75, 3.05) is 19.7 Å². The summed E-state index contributed by atoms with van der Waals surface area (Å²) in [6.45, 7) is 3.50. The molecule has 2 unspecified atom stereocenters. The molecule has 0 radical (unpaired) electrons. The zero-order valence-corrected chi connectivity index (χ0v) is 14.6. The van der Waals surface area contributed by atoms with Crippen molar-refractivity contribution >= 4 is 6.03 Å². The van der Waals surface area contributed by atoms with Gasteiger partial charge < -0.3 is 15.3 Å². The molecule has 2 aromatic rings. The minimum absolute atomic E-state index is 0.102. The van der Waals surface area contributed by atoms with Gasteiger partial charge in [-0.1, -0.05) is 35.9 Å². The number of likely N-dealkylation sites (tertiary alicyclic amines) is 1. The lowest BCUT2D eigenvalue weighted by Crippen LogP contribution is -2.47. The second-order valence-electron chi connectivity index (χ2n) is 6.69. The molecule has 5 heteroatoms. The molecule has 2 N–H and O–H groups in total. The van der Waals surface area contributed by atoms with Crippen molar-refractivity contribution in [2.24, 2.45) is 5.92 Å². The average molecular weight is 339 g/mol. The first-order valence-electron chi connectivity index (χ1n) is 8.81. The number of aliphatic hydroxyl groups is 1. The highest BCUT2D eigenvalue weighted by atomic mass is 16.3. The van der Waals surface area contributed by atoms with Crippen molar-refractivity contribution in [3.8, 4) is 0 Å². The van der Waals surface area contributed by atoms with Crippen LogP contribution in [0, 0.1) is 12.8 Å². The minimum atomic E-state index is -0.289. The number of aryl methyl sites for hydroxylation is 1. The standard InChI is InChI=1S/C20H25N3O2/c1-15-6-4-8-17(12-15)19(18-9-2-3-10-21-18)22-20(25)23-11-5-7-16(13-23)14-24/h2-4,6,8-10,12,16,19,24H,5,7,11,13-14H2,1H3,(H,22,25). The predicted molar refractivity (Wildman–Crippen MR) is 97.2 cm³/mol. The fourth-order valence-corrected chi connectivity index (χ4v) is 3.34. The third kappa shape index (κ3) is 4.37. The third-order valence-corrected chi connectivity index (χ3v) is 4.69. The van der Waals surface area contributed by atoms with E-state index in [0.717, 1.165) is 36.2 Å². The number of hydrogen-bond acceptors (Lipinski definition) is 3. The highest BCUT2D eigenvalue weighted by Crippen LogP contribution is 2.23. The number of aromatic nitrogens is 1. The maximum Gasteiger partial charge on any atom is 0.318 e. The summed E-state index contributed by atoms with van der Waals surface area (Å²) >= 11 is 0. The summed E-state index contributed by atoms with van der Waals surface area (Å²) in [5, 5.41) is 12.5. The molecule has 25 heavy (non-hydrogen) atoms. The summed E-state index contributed by atoms with van der Waals surface area (Å²) in [7, 11) is 0. The van der Waals surface area contributed by atoms with E-state index in [9.17, 15) is 9.90 Å². The zero-order valence-electron chi connectivity index (χ0n) is 14.6. The van der Waals surface area contributed by atoms with E-state index in [2.05, 4.69) is 16.4 Å². The number of nitrogens with zero attached hydrogens (tertiary/aromatic N) is 2. The molecule has 0 spiro atoms. The molecular weight excluding hydrogens is 314 g/mol. The van der Waals surface area contributed by atoms with E-state index in [1.807, 2.05) is 43.3 Å². The Balaban J connectivity index is 1.81. The number of pyridine rings is 1. The van der Waals surface area contributed by atoms with Crippen LogP contribution < -0.4 is 5.32 Å². The van der Waals surface area contributed by atoms with Crippen molar-refractivity contribution in [1.82, 2.24) is 15.2 Å². The average Bonchev–Trinajstić information content (AvgIpc) is 2.66. The van der Waals surface area contributed by atoms with E-state index in [-0.39, 0.29) is 24.6 Å². The lowest BCUT2D eigenvalue weighted by atomic mass is 9.99. The molecule has 1 aliphatic rings. The lowest BCUT2D eigenvalue weighted by Gasteiger charge is -2.33. The van der Waals surface area contributed by atoms with Gasteiger partial charge in [0.05, 0.1) is 11.7 Å². The van der Waals surface area contributed by atoms with Crippen LogP contribution in [0.2, 0.25) is 0 Å². The first kappa shape index (κ1) is 17.4. The van der Waals surface area contributed by atoms with Gasteiger partial charge in [0.15, 0.2) is 0 Å². The highest BCUT2D eigenvalue weighted by Gasteiger charge is 2.26. The smallest absolute Gasteiger partial charge is 0.318 e. The third-order valence-electron chi connectivity index (χ3n) is 4.69. The number of amides is 2. The van der Waals surface area contributed by atoms with Gasteiger partial charge >= 0.3 is 6.03 Å². The fraction of sp³-hybridized carbons (Fsp3) is 0.400. The number of aliphatic hydroxyl groups excluding tert-OH is 1. The van der Waals surface area contributed by atoms with Crippen LogP contribution >= 0.6 is 0 Å². The molecule has 2 heterocycles. The molecule has 0 bridgehead atoms. The maximum atomic E-state index is 12.8.